The number of nitrogens with zero attached hydrogens (tertiary/aromatic N) is 4. The van der Waals surface area contributed by atoms with Crippen molar-refractivity contribution in [3.63, 3.8) is 0 Å². The van der Waals surface area contributed by atoms with E-state index in [0.717, 1.165) is 37.7 Å². The molecule has 0 saturated heterocycles. The lowest BCUT2D eigenvalue weighted by Crippen LogP contribution is -2.31. The number of aromatic nitrogens is 5. The van der Waals surface area contributed by atoms with Crippen LogP contribution in [0.5, 0.6) is 0 Å². The van der Waals surface area contributed by atoms with Crippen LogP contribution in [0.3, 0.4) is 0 Å². The Balaban J connectivity index is 1.57. The Labute approximate surface area is 144 Å². The summed E-state index contributed by atoms with van der Waals surface area (Å²) in [5.74, 6) is 3.34. The molecular weight excluding hydrogens is 300 g/mol. The third-order valence-electron chi connectivity index (χ3n) is 4.81. The number of fused-ring (bicyclic) bond motifs is 1. The maximum absolute atomic E-state index is 4.37. The molecule has 1 atom stereocenters. The van der Waals surface area contributed by atoms with E-state index in [1.54, 1.807) is 0 Å². The number of H-pyrrole nitrogens is 1. The van der Waals surface area contributed by atoms with Gasteiger partial charge in [0.2, 0.25) is 0 Å². The summed E-state index contributed by atoms with van der Waals surface area (Å²) in [4.78, 5) is 0. The Bertz CT molecular complexity index is 676. The van der Waals surface area contributed by atoms with Crippen LogP contribution in [-0.2, 0) is 24.9 Å². The van der Waals surface area contributed by atoms with E-state index in [1.807, 2.05) is 6.20 Å². The summed E-state index contributed by atoms with van der Waals surface area (Å²) < 4.78 is 2.33. The zero-order valence-electron chi connectivity index (χ0n) is 15.6. The first kappa shape index (κ1) is 17.1. The standard InChI is InChI=1S/C18H30N6/c1-12(2)17-23-21-15-7-6-13(11-24(15)17)8-19-9-14-10-20-22-16(14)18(3,4)5/h10,12-13,19H,6-9,11H2,1-5H3,(H,20,22)/t13-/m1/s1. The van der Waals surface area contributed by atoms with Gasteiger partial charge in [0.1, 0.15) is 11.6 Å². The lowest BCUT2D eigenvalue weighted by atomic mass is 9.89. The van der Waals surface area contributed by atoms with Crippen LogP contribution in [0.4, 0.5) is 0 Å². The van der Waals surface area contributed by atoms with Gasteiger partial charge in [0, 0.05) is 42.1 Å². The SMILES string of the molecule is CC(C)c1nnc2n1C[C@@H](CNCc1cn[nH]c1C(C)(C)C)CC2. The van der Waals surface area contributed by atoms with E-state index >= 15 is 0 Å². The molecule has 24 heavy (non-hydrogen) atoms. The summed E-state index contributed by atoms with van der Waals surface area (Å²) in [5, 5.41) is 19.7. The fraction of sp³-hybridized carbons (Fsp3) is 0.722. The minimum Gasteiger partial charge on any atom is -0.314 e. The normalized spacial score (nSPS) is 18.2. The summed E-state index contributed by atoms with van der Waals surface area (Å²) in [6, 6.07) is 0. The summed E-state index contributed by atoms with van der Waals surface area (Å²) in [6.45, 7) is 13.9. The number of rotatable bonds is 5. The molecule has 6 nitrogen and oxygen atoms in total. The lowest BCUT2D eigenvalue weighted by Gasteiger charge is -2.25. The molecule has 0 aromatic carbocycles. The average molecular weight is 330 g/mol. The van der Waals surface area contributed by atoms with Gasteiger partial charge in [-0.15, -0.1) is 10.2 Å². The predicted octanol–water partition coefficient (Wildman–Crippen LogP) is 2.77. The molecule has 2 aromatic rings. The molecule has 3 heterocycles. The van der Waals surface area contributed by atoms with E-state index in [-0.39, 0.29) is 5.41 Å². The summed E-state index contributed by atoms with van der Waals surface area (Å²) in [7, 11) is 0. The molecule has 0 bridgehead atoms. The van der Waals surface area contributed by atoms with E-state index in [4.69, 9.17) is 0 Å². The van der Waals surface area contributed by atoms with E-state index in [1.165, 1.54) is 17.7 Å². The van der Waals surface area contributed by atoms with Gasteiger partial charge in [0.25, 0.3) is 0 Å². The van der Waals surface area contributed by atoms with Crippen molar-refractivity contribution in [1.29, 1.82) is 0 Å². The van der Waals surface area contributed by atoms with Crippen LogP contribution >= 0.6 is 0 Å². The molecule has 3 rings (SSSR count). The highest BCUT2D eigenvalue weighted by atomic mass is 15.3. The van der Waals surface area contributed by atoms with Crippen molar-refractivity contribution >= 4 is 0 Å². The van der Waals surface area contributed by atoms with Gasteiger partial charge in [-0.05, 0) is 18.9 Å². The van der Waals surface area contributed by atoms with Gasteiger partial charge in [-0.1, -0.05) is 34.6 Å². The lowest BCUT2D eigenvalue weighted by molar-refractivity contribution is 0.339. The minimum absolute atomic E-state index is 0.0991. The van der Waals surface area contributed by atoms with Crippen molar-refractivity contribution in [3.8, 4) is 0 Å². The predicted molar refractivity (Wildman–Crippen MR) is 94.9 cm³/mol. The van der Waals surface area contributed by atoms with Gasteiger partial charge in [-0.3, -0.25) is 5.10 Å². The molecule has 0 unspecified atom stereocenters. The first-order chi connectivity index (χ1) is 11.4. The summed E-state index contributed by atoms with van der Waals surface area (Å²) >= 11 is 0. The molecule has 1 aliphatic heterocycles. The van der Waals surface area contributed by atoms with Gasteiger partial charge in [-0.2, -0.15) is 5.10 Å². The molecule has 2 N–H and O–H groups in total. The molecule has 0 radical (unpaired) electrons. The summed E-state index contributed by atoms with van der Waals surface area (Å²) in [6.07, 6.45) is 4.16. The van der Waals surface area contributed by atoms with Gasteiger partial charge < -0.3 is 9.88 Å². The number of aryl methyl sites for hydroxylation is 1. The molecule has 132 valence electrons. The molecular formula is C18H30N6. The molecule has 6 heteroatoms. The Morgan fingerprint density at radius 1 is 1.33 bits per heavy atom. The largest absolute Gasteiger partial charge is 0.314 e. The maximum atomic E-state index is 4.37. The van der Waals surface area contributed by atoms with E-state index in [0.29, 0.717) is 11.8 Å². The third kappa shape index (κ3) is 3.53. The van der Waals surface area contributed by atoms with Crippen LogP contribution in [0.15, 0.2) is 6.20 Å². The molecule has 0 saturated carbocycles. The third-order valence-corrected chi connectivity index (χ3v) is 4.81. The molecule has 0 fully saturated rings. The number of nitrogens with one attached hydrogen (secondary N) is 2. The van der Waals surface area contributed by atoms with E-state index in [9.17, 15) is 0 Å². The van der Waals surface area contributed by atoms with Crippen LogP contribution < -0.4 is 5.32 Å². The summed E-state index contributed by atoms with van der Waals surface area (Å²) in [5.41, 5.74) is 2.59. The quantitative estimate of drug-likeness (QED) is 0.884. The molecule has 0 spiro atoms. The zero-order valence-corrected chi connectivity index (χ0v) is 15.6. The van der Waals surface area contributed by atoms with E-state index < -0.39 is 0 Å². The Kier molecular flexibility index (Phi) is 4.76. The van der Waals surface area contributed by atoms with Gasteiger partial charge >= 0.3 is 0 Å². The van der Waals surface area contributed by atoms with Crippen molar-refractivity contribution in [2.45, 2.75) is 71.9 Å². The van der Waals surface area contributed by atoms with Gasteiger partial charge in [0.05, 0.1) is 6.20 Å². The Hall–Kier alpha value is -1.69. The van der Waals surface area contributed by atoms with Gasteiger partial charge in [-0.25, -0.2) is 0 Å². The second-order valence-electron chi connectivity index (χ2n) is 8.30. The molecule has 2 aromatic heterocycles. The van der Waals surface area contributed by atoms with Crippen molar-refractivity contribution in [2.75, 3.05) is 6.54 Å². The van der Waals surface area contributed by atoms with Crippen molar-refractivity contribution in [3.05, 3.63) is 29.1 Å². The van der Waals surface area contributed by atoms with Crippen molar-refractivity contribution in [1.82, 2.24) is 30.3 Å². The number of hydrogen-bond acceptors (Lipinski definition) is 4. The Morgan fingerprint density at radius 3 is 2.83 bits per heavy atom. The second-order valence-corrected chi connectivity index (χ2v) is 8.30. The second kappa shape index (κ2) is 6.67. The average Bonchev–Trinajstić information content (AvgIpc) is 3.12. The van der Waals surface area contributed by atoms with Crippen molar-refractivity contribution < 1.29 is 0 Å². The zero-order chi connectivity index (χ0) is 17.3. The topological polar surface area (TPSA) is 71.4 Å². The smallest absolute Gasteiger partial charge is 0.135 e. The molecule has 0 amide bonds. The highest BCUT2D eigenvalue weighted by Gasteiger charge is 2.24. The van der Waals surface area contributed by atoms with Crippen molar-refractivity contribution in [2.24, 2.45) is 5.92 Å². The highest BCUT2D eigenvalue weighted by molar-refractivity contribution is 5.23. The minimum atomic E-state index is 0.0991. The number of aromatic amines is 1. The monoisotopic (exact) mass is 330 g/mol. The Morgan fingerprint density at radius 2 is 2.12 bits per heavy atom. The fourth-order valence-corrected chi connectivity index (χ4v) is 3.51. The van der Waals surface area contributed by atoms with Crippen LogP contribution in [0.1, 0.15) is 69.9 Å². The van der Waals surface area contributed by atoms with Crippen LogP contribution in [0, 0.1) is 5.92 Å². The first-order valence-electron chi connectivity index (χ1n) is 9.01. The van der Waals surface area contributed by atoms with Crippen LogP contribution in [0.2, 0.25) is 0 Å². The van der Waals surface area contributed by atoms with Crippen LogP contribution in [0.25, 0.3) is 0 Å². The van der Waals surface area contributed by atoms with Crippen LogP contribution in [-0.4, -0.2) is 31.5 Å². The fourth-order valence-electron chi connectivity index (χ4n) is 3.51. The number of hydrogen-bond donors (Lipinski definition) is 2. The molecule has 1 aliphatic rings. The maximum Gasteiger partial charge on any atom is 0.135 e. The first-order valence-corrected chi connectivity index (χ1v) is 9.01. The van der Waals surface area contributed by atoms with E-state index in [2.05, 4.69) is 64.9 Å². The van der Waals surface area contributed by atoms with Gasteiger partial charge in [0.15, 0.2) is 0 Å². The molecule has 0 aliphatic carbocycles. The highest BCUT2D eigenvalue weighted by Crippen LogP contribution is 2.25.